The van der Waals surface area contributed by atoms with Crippen LogP contribution >= 0.6 is 0 Å². The maximum Gasteiger partial charge on any atom is 0.115 e. The molecule has 1 aliphatic rings. The summed E-state index contributed by atoms with van der Waals surface area (Å²) in [4.78, 5) is 8.09. The Morgan fingerprint density at radius 3 is 1.60 bits per heavy atom. The van der Waals surface area contributed by atoms with E-state index in [0.717, 1.165) is 24.3 Å². The van der Waals surface area contributed by atoms with Gasteiger partial charge >= 0.3 is 0 Å². The minimum absolute atomic E-state index is 1.00. The molecule has 4 nitrogen and oxygen atoms in total. The molecule has 264 valence electrons. The normalized spacial score (nSPS) is 12.6. The monoisotopic (exact) mass is 708 g/mol. The van der Waals surface area contributed by atoms with Gasteiger partial charge in [-0.25, -0.2) is 0 Å². The van der Waals surface area contributed by atoms with Crippen LogP contribution in [0.1, 0.15) is 33.4 Å². The van der Waals surface area contributed by atoms with Gasteiger partial charge in [-0.05, 0) is 169 Å². The van der Waals surface area contributed by atoms with Crippen LogP contribution in [0.15, 0.2) is 140 Å². The first kappa shape index (κ1) is 31.8. The molecule has 1 aliphatic carbocycles. The summed E-state index contributed by atoms with van der Waals surface area (Å²) < 4.78 is 4.81. The van der Waals surface area contributed by atoms with E-state index in [2.05, 4.69) is 162 Å². The molecule has 4 heterocycles. The number of hydrogen-bond donors (Lipinski definition) is 1. The number of aryl methyl sites for hydroxylation is 6. The van der Waals surface area contributed by atoms with Crippen molar-refractivity contribution in [3.63, 3.8) is 0 Å². The van der Waals surface area contributed by atoms with E-state index in [9.17, 15) is 0 Å². The molecule has 0 atom stereocenters. The number of aromatic nitrogens is 4. The molecule has 0 radical (unpaired) electrons. The predicted octanol–water partition coefficient (Wildman–Crippen LogP) is 12.9. The smallest absolute Gasteiger partial charge is 0.115 e. The SMILES string of the molecule is Cc1ccc(C)c(-c2ccc3c(c2)c2cc4c(cc2n3-c2cccnc2)-c2cc3c(cc2CC4)c2cc(-c4cc(C)ccc4C)ccc2n3-c2ccc[nH]2)c1. The third-order valence-corrected chi connectivity index (χ3v) is 12.1. The Bertz CT molecular complexity index is 3170. The Hall–Kier alpha value is -6.65. The van der Waals surface area contributed by atoms with Crippen LogP contribution in [0.25, 0.3) is 88.5 Å². The van der Waals surface area contributed by atoms with Gasteiger partial charge in [-0.15, -0.1) is 0 Å². The maximum absolute atomic E-state index is 4.56. The zero-order valence-electron chi connectivity index (χ0n) is 31.5. The predicted molar refractivity (Wildman–Crippen MR) is 230 cm³/mol. The molecule has 0 saturated carbocycles. The number of nitrogens with zero attached hydrogens (tertiary/aromatic N) is 3. The van der Waals surface area contributed by atoms with Gasteiger partial charge in [-0.2, -0.15) is 0 Å². The van der Waals surface area contributed by atoms with Crippen molar-refractivity contribution in [1.29, 1.82) is 0 Å². The fourth-order valence-corrected chi connectivity index (χ4v) is 9.32. The lowest BCUT2D eigenvalue weighted by molar-refractivity contribution is 0.945. The third kappa shape index (κ3) is 4.87. The van der Waals surface area contributed by atoms with Gasteiger partial charge in [0.25, 0.3) is 0 Å². The van der Waals surface area contributed by atoms with E-state index in [0.29, 0.717) is 0 Å². The first-order chi connectivity index (χ1) is 26.9. The number of fused-ring (bicyclic) bond motifs is 9. The van der Waals surface area contributed by atoms with Gasteiger partial charge in [0, 0.05) is 33.9 Å². The number of aromatic amines is 1. The summed E-state index contributed by atoms with van der Waals surface area (Å²) in [7, 11) is 0. The molecule has 4 aromatic heterocycles. The number of hydrogen-bond acceptors (Lipinski definition) is 1. The van der Waals surface area contributed by atoms with Crippen molar-refractivity contribution in [1.82, 2.24) is 19.1 Å². The highest BCUT2D eigenvalue weighted by molar-refractivity contribution is 6.14. The number of rotatable bonds is 4. The molecule has 0 fully saturated rings. The highest BCUT2D eigenvalue weighted by Crippen LogP contribution is 2.45. The number of nitrogens with one attached hydrogen (secondary N) is 1. The van der Waals surface area contributed by atoms with Gasteiger partial charge in [-0.1, -0.05) is 59.7 Å². The molecular formula is C51H40N4. The zero-order chi connectivity index (χ0) is 36.9. The molecule has 11 rings (SSSR count). The summed E-state index contributed by atoms with van der Waals surface area (Å²) in [6.07, 6.45) is 7.86. The van der Waals surface area contributed by atoms with E-state index in [-0.39, 0.29) is 0 Å². The van der Waals surface area contributed by atoms with E-state index < -0.39 is 0 Å². The first-order valence-corrected chi connectivity index (χ1v) is 19.3. The van der Waals surface area contributed by atoms with Crippen LogP contribution in [0, 0.1) is 27.7 Å². The van der Waals surface area contributed by atoms with Crippen LogP contribution in [0.3, 0.4) is 0 Å². The Morgan fingerprint density at radius 1 is 0.491 bits per heavy atom. The van der Waals surface area contributed by atoms with Crippen LogP contribution in [0.4, 0.5) is 0 Å². The van der Waals surface area contributed by atoms with Crippen LogP contribution in [-0.2, 0) is 12.8 Å². The van der Waals surface area contributed by atoms with Crippen LogP contribution in [0.2, 0.25) is 0 Å². The molecule has 0 amide bonds. The molecule has 0 bridgehead atoms. The minimum atomic E-state index is 1.00. The minimum Gasteiger partial charge on any atom is -0.348 e. The van der Waals surface area contributed by atoms with Crippen LogP contribution < -0.4 is 0 Å². The van der Waals surface area contributed by atoms with Gasteiger partial charge in [0.15, 0.2) is 0 Å². The molecule has 10 aromatic rings. The largest absolute Gasteiger partial charge is 0.348 e. The molecule has 0 unspecified atom stereocenters. The van der Waals surface area contributed by atoms with Crippen molar-refractivity contribution in [3.05, 3.63) is 173 Å². The molecular weight excluding hydrogens is 669 g/mol. The second kappa shape index (κ2) is 11.9. The lowest BCUT2D eigenvalue weighted by Crippen LogP contribution is -2.05. The topological polar surface area (TPSA) is 38.5 Å². The Balaban J connectivity index is 1.16. The van der Waals surface area contributed by atoms with Gasteiger partial charge in [0.2, 0.25) is 0 Å². The van der Waals surface area contributed by atoms with Crippen molar-refractivity contribution < 1.29 is 0 Å². The van der Waals surface area contributed by atoms with Crippen LogP contribution in [0.5, 0.6) is 0 Å². The number of pyridine rings is 1. The fourth-order valence-electron chi connectivity index (χ4n) is 9.32. The summed E-state index contributed by atoms with van der Waals surface area (Å²) in [5, 5.41) is 5.13. The summed E-state index contributed by atoms with van der Waals surface area (Å²) in [5.41, 5.74) is 21.6. The highest BCUT2D eigenvalue weighted by atomic mass is 15.1. The van der Waals surface area contributed by atoms with Crippen molar-refractivity contribution in [2.24, 2.45) is 0 Å². The summed E-state index contributed by atoms with van der Waals surface area (Å²) in [6, 6.07) is 45.8. The van der Waals surface area contributed by atoms with Crippen molar-refractivity contribution in [3.8, 4) is 44.9 Å². The summed E-state index contributed by atoms with van der Waals surface area (Å²) in [5.74, 6) is 1.07. The number of benzene rings is 6. The molecule has 0 aliphatic heterocycles. The maximum atomic E-state index is 4.56. The molecule has 0 saturated heterocycles. The average molecular weight is 709 g/mol. The van der Waals surface area contributed by atoms with Gasteiger partial charge in [0.05, 0.1) is 34.0 Å². The molecule has 6 aromatic carbocycles. The number of H-pyrrole nitrogens is 1. The van der Waals surface area contributed by atoms with E-state index in [1.54, 1.807) is 0 Å². The van der Waals surface area contributed by atoms with Crippen molar-refractivity contribution in [2.45, 2.75) is 40.5 Å². The van der Waals surface area contributed by atoms with Crippen molar-refractivity contribution in [2.75, 3.05) is 0 Å². The lowest BCUT2D eigenvalue weighted by atomic mass is 9.84. The summed E-state index contributed by atoms with van der Waals surface area (Å²) in [6.45, 7) is 8.77. The Labute approximate surface area is 320 Å². The highest BCUT2D eigenvalue weighted by Gasteiger charge is 2.24. The van der Waals surface area contributed by atoms with E-state index in [4.69, 9.17) is 0 Å². The second-order valence-corrected chi connectivity index (χ2v) is 15.6. The fraction of sp³-hybridized carbons (Fsp3) is 0.118. The van der Waals surface area contributed by atoms with Gasteiger partial charge in [0.1, 0.15) is 5.82 Å². The van der Waals surface area contributed by atoms with E-state index >= 15 is 0 Å². The molecule has 0 spiro atoms. The Morgan fingerprint density at radius 2 is 1.05 bits per heavy atom. The van der Waals surface area contributed by atoms with Crippen molar-refractivity contribution >= 4 is 43.6 Å². The first-order valence-electron chi connectivity index (χ1n) is 19.3. The second-order valence-electron chi connectivity index (χ2n) is 15.6. The van der Waals surface area contributed by atoms with Gasteiger partial charge < -0.3 is 9.55 Å². The molecule has 1 N–H and O–H groups in total. The standard InChI is InChI=1S/C51H40N4/c1-30-9-11-32(3)39(21-30)34-15-17-47-43(23-34)45-25-36-13-14-37-26-46-44-24-35(40-22-31(2)10-12-33(40)4)16-18-48(44)55(51-8-6-20-53-51)50(46)28-42(37)41(36)27-49(45)54(47)38-7-5-19-52-29-38/h5-12,15-29,53H,13-14H2,1-4H3. The zero-order valence-corrected chi connectivity index (χ0v) is 31.5. The molecule has 4 heteroatoms. The van der Waals surface area contributed by atoms with Gasteiger partial charge in [-0.3, -0.25) is 9.55 Å². The Kier molecular flexibility index (Phi) is 6.90. The average Bonchev–Trinajstić information content (AvgIpc) is 3.93. The van der Waals surface area contributed by atoms with E-state index in [1.807, 2.05) is 24.7 Å². The quantitative estimate of drug-likeness (QED) is 0.194. The summed E-state index contributed by atoms with van der Waals surface area (Å²) >= 11 is 0. The molecule has 55 heavy (non-hydrogen) atoms. The van der Waals surface area contributed by atoms with Crippen LogP contribution in [-0.4, -0.2) is 19.1 Å². The third-order valence-electron chi connectivity index (χ3n) is 12.1. The lowest BCUT2D eigenvalue weighted by Gasteiger charge is -2.21. The van der Waals surface area contributed by atoms with E-state index in [1.165, 1.54) is 110 Å².